The van der Waals surface area contributed by atoms with E-state index in [0.717, 1.165) is 35.5 Å². The third kappa shape index (κ3) is 3.74. The van der Waals surface area contributed by atoms with Gasteiger partial charge in [0.2, 0.25) is 5.82 Å². The molecule has 1 heterocycles. The maximum absolute atomic E-state index is 6.08. The molecule has 6 nitrogen and oxygen atoms in total. The van der Waals surface area contributed by atoms with Crippen LogP contribution < -0.4 is 14.2 Å². The van der Waals surface area contributed by atoms with Gasteiger partial charge in [0.15, 0.2) is 11.5 Å². The molecule has 3 aromatic rings. The Bertz CT molecular complexity index is 899. The molecule has 2 aromatic carbocycles. The third-order valence-electron chi connectivity index (χ3n) is 4.78. The van der Waals surface area contributed by atoms with E-state index in [2.05, 4.69) is 10.1 Å². The largest absolute Gasteiger partial charge is 0.497 e. The average Bonchev–Trinajstić information content (AvgIpc) is 3.40. The highest BCUT2D eigenvalue weighted by molar-refractivity contribution is 5.63. The summed E-state index contributed by atoms with van der Waals surface area (Å²) in [4.78, 5) is 4.50. The lowest BCUT2D eigenvalue weighted by atomic mass is 10.2. The van der Waals surface area contributed by atoms with Crippen molar-refractivity contribution in [3.05, 3.63) is 42.5 Å². The predicted molar refractivity (Wildman–Crippen MR) is 101 cm³/mol. The number of ether oxygens (including phenoxy) is 3. The SMILES string of the molecule is COc1ccc(-c2nc(-c3ccc(OC4CCCC4)c(OC)c3)no2)cc1. The van der Waals surface area contributed by atoms with E-state index in [0.29, 0.717) is 17.5 Å². The highest BCUT2D eigenvalue weighted by atomic mass is 16.5. The summed E-state index contributed by atoms with van der Waals surface area (Å²) >= 11 is 0. The lowest BCUT2D eigenvalue weighted by molar-refractivity contribution is 0.201. The minimum Gasteiger partial charge on any atom is -0.497 e. The smallest absolute Gasteiger partial charge is 0.258 e. The summed E-state index contributed by atoms with van der Waals surface area (Å²) < 4.78 is 22.2. The fraction of sp³-hybridized carbons (Fsp3) is 0.333. The Hall–Kier alpha value is -3.02. The monoisotopic (exact) mass is 366 g/mol. The van der Waals surface area contributed by atoms with Crippen molar-refractivity contribution in [2.75, 3.05) is 14.2 Å². The summed E-state index contributed by atoms with van der Waals surface area (Å²) in [6.07, 6.45) is 4.92. The first-order chi connectivity index (χ1) is 13.3. The molecule has 0 atom stereocenters. The van der Waals surface area contributed by atoms with Crippen molar-refractivity contribution in [3.8, 4) is 40.1 Å². The molecule has 4 rings (SSSR count). The Balaban J connectivity index is 1.56. The minimum absolute atomic E-state index is 0.275. The average molecular weight is 366 g/mol. The summed E-state index contributed by atoms with van der Waals surface area (Å²) in [5.74, 6) is 3.17. The van der Waals surface area contributed by atoms with Gasteiger partial charge in [-0.2, -0.15) is 4.98 Å². The van der Waals surface area contributed by atoms with Crippen molar-refractivity contribution < 1.29 is 18.7 Å². The second-order valence-electron chi connectivity index (χ2n) is 6.54. The molecule has 1 fully saturated rings. The van der Waals surface area contributed by atoms with Gasteiger partial charge in [0, 0.05) is 11.1 Å². The zero-order chi connectivity index (χ0) is 18.6. The summed E-state index contributed by atoms with van der Waals surface area (Å²) in [6.45, 7) is 0. The van der Waals surface area contributed by atoms with Crippen LogP contribution in [-0.4, -0.2) is 30.5 Å². The first kappa shape index (κ1) is 17.4. The Kier molecular flexibility index (Phi) is 4.96. The molecule has 0 unspecified atom stereocenters. The van der Waals surface area contributed by atoms with Crippen molar-refractivity contribution in [3.63, 3.8) is 0 Å². The number of hydrogen-bond acceptors (Lipinski definition) is 6. The molecule has 0 radical (unpaired) electrons. The fourth-order valence-corrected chi connectivity index (χ4v) is 3.28. The van der Waals surface area contributed by atoms with Crippen LogP contribution in [0.15, 0.2) is 47.0 Å². The van der Waals surface area contributed by atoms with E-state index in [1.807, 2.05) is 42.5 Å². The molecule has 1 aliphatic rings. The Morgan fingerprint density at radius 1 is 0.889 bits per heavy atom. The molecule has 0 spiro atoms. The van der Waals surface area contributed by atoms with Crippen LogP contribution in [0, 0.1) is 0 Å². The maximum Gasteiger partial charge on any atom is 0.258 e. The van der Waals surface area contributed by atoms with E-state index in [1.54, 1.807) is 14.2 Å². The standard InChI is InChI=1S/C21H22N2O4/c1-24-16-10-7-14(8-11-16)21-22-20(23-27-21)15-9-12-18(19(13-15)25-2)26-17-5-3-4-6-17/h7-13,17H,3-6H2,1-2H3. The second kappa shape index (κ2) is 7.70. The lowest BCUT2D eigenvalue weighted by Crippen LogP contribution is -2.11. The Labute approximate surface area is 158 Å². The number of aromatic nitrogens is 2. The van der Waals surface area contributed by atoms with Gasteiger partial charge in [-0.05, 0) is 68.1 Å². The number of rotatable bonds is 6. The van der Waals surface area contributed by atoms with Crippen molar-refractivity contribution >= 4 is 0 Å². The molecule has 0 aliphatic heterocycles. The van der Waals surface area contributed by atoms with Gasteiger partial charge in [0.05, 0.1) is 20.3 Å². The molecular weight excluding hydrogens is 344 g/mol. The lowest BCUT2D eigenvalue weighted by Gasteiger charge is -2.16. The summed E-state index contributed by atoms with van der Waals surface area (Å²) in [5, 5.41) is 4.10. The van der Waals surface area contributed by atoms with Crippen molar-refractivity contribution in [2.45, 2.75) is 31.8 Å². The molecule has 140 valence electrons. The zero-order valence-electron chi connectivity index (χ0n) is 15.5. The van der Waals surface area contributed by atoms with Crippen LogP contribution in [-0.2, 0) is 0 Å². The van der Waals surface area contributed by atoms with Gasteiger partial charge in [-0.15, -0.1) is 0 Å². The maximum atomic E-state index is 6.08. The Morgan fingerprint density at radius 2 is 1.63 bits per heavy atom. The highest BCUT2D eigenvalue weighted by Gasteiger charge is 2.19. The normalized spacial score (nSPS) is 14.3. The van der Waals surface area contributed by atoms with E-state index < -0.39 is 0 Å². The summed E-state index contributed by atoms with van der Waals surface area (Å²) in [6, 6.07) is 13.2. The van der Waals surface area contributed by atoms with Crippen LogP contribution in [0.25, 0.3) is 22.8 Å². The van der Waals surface area contributed by atoms with Gasteiger partial charge >= 0.3 is 0 Å². The topological polar surface area (TPSA) is 66.6 Å². The molecule has 0 amide bonds. The van der Waals surface area contributed by atoms with Gasteiger partial charge in [-0.25, -0.2) is 0 Å². The summed E-state index contributed by atoms with van der Waals surface area (Å²) in [5.41, 5.74) is 1.65. The molecule has 0 N–H and O–H groups in total. The van der Waals surface area contributed by atoms with Crippen molar-refractivity contribution in [2.24, 2.45) is 0 Å². The van der Waals surface area contributed by atoms with Crippen LogP contribution >= 0.6 is 0 Å². The molecule has 0 saturated heterocycles. The van der Waals surface area contributed by atoms with Gasteiger partial charge in [-0.1, -0.05) is 5.16 Å². The van der Waals surface area contributed by atoms with Crippen LogP contribution in [0.1, 0.15) is 25.7 Å². The molecule has 27 heavy (non-hydrogen) atoms. The summed E-state index contributed by atoms with van der Waals surface area (Å²) in [7, 11) is 3.27. The van der Waals surface area contributed by atoms with E-state index in [1.165, 1.54) is 12.8 Å². The number of methoxy groups -OCH3 is 2. The van der Waals surface area contributed by atoms with Gasteiger partial charge in [0.1, 0.15) is 5.75 Å². The van der Waals surface area contributed by atoms with Gasteiger partial charge in [0.25, 0.3) is 5.89 Å². The Morgan fingerprint density at radius 3 is 2.33 bits per heavy atom. The first-order valence-electron chi connectivity index (χ1n) is 9.10. The highest BCUT2D eigenvalue weighted by Crippen LogP contribution is 2.35. The minimum atomic E-state index is 0.275. The fourth-order valence-electron chi connectivity index (χ4n) is 3.28. The molecule has 6 heteroatoms. The van der Waals surface area contributed by atoms with Crippen molar-refractivity contribution in [1.82, 2.24) is 10.1 Å². The second-order valence-corrected chi connectivity index (χ2v) is 6.54. The van der Waals surface area contributed by atoms with Crippen LogP contribution in [0.3, 0.4) is 0 Å². The number of nitrogens with zero attached hydrogens (tertiary/aromatic N) is 2. The van der Waals surface area contributed by atoms with E-state index >= 15 is 0 Å². The van der Waals surface area contributed by atoms with Crippen LogP contribution in [0.4, 0.5) is 0 Å². The molecule has 1 saturated carbocycles. The zero-order valence-corrected chi connectivity index (χ0v) is 15.5. The van der Waals surface area contributed by atoms with Crippen LogP contribution in [0.2, 0.25) is 0 Å². The van der Waals surface area contributed by atoms with Gasteiger partial charge < -0.3 is 18.7 Å². The first-order valence-corrected chi connectivity index (χ1v) is 9.10. The van der Waals surface area contributed by atoms with E-state index in [9.17, 15) is 0 Å². The van der Waals surface area contributed by atoms with Gasteiger partial charge in [-0.3, -0.25) is 0 Å². The van der Waals surface area contributed by atoms with E-state index in [4.69, 9.17) is 18.7 Å². The van der Waals surface area contributed by atoms with E-state index in [-0.39, 0.29) is 6.10 Å². The van der Waals surface area contributed by atoms with Crippen LogP contribution in [0.5, 0.6) is 17.2 Å². The van der Waals surface area contributed by atoms with Crippen molar-refractivity contribution in [1.29, 1.82) is 0 Å². The number of hydrogen-bond donors (Lipinski definition) is 0. The number of benzene rings is 2. The molecule has 1 aromatic heterocycles. The molecular formula is C21H22N2O4. The quantitative estimate of drug-likeness (QED) is 0.628. The third-order valence-corrected chi connectivity index (χ3v) is 4.78. The molecule has 1 aliphatic carbocycles. The molecule has 0 bridgehead atoms. The predicted octanol–water partition coefficient (Wildman–Crippen LogP) is 4.74.